The molecule has 1 amide bonds. The first-order valence-electron chi connectivity index (χ1n) is 7.61. The number of rotatable bonds is 5. The van der Waals surface area contributed by atoms with E-state index in [1.165, 1.54) is 29.5 Å². The predicted molar refractivity (Wildman–Crippen MR) is 97.3 cm³/mol. The van der Waals surface area contributed by atoms with Crippen LogP contribution in [0.1, 0.15) is 21.6 Å². The van der Waals surface area contributed by atoms with Gasteiger partial charge >= 0.3 is 6.18 Å². The molecule has 1 N–H and O–H groups in total. The van der Waals surface area contributed by atoms with E-state index in [-0.39, 0.29) is 17.9 Å². The quantitative estimate of drug-likeness (QED) is 0.589. The molecule has 4 nitrogen and oxygen atoms in total. The summed E-state index contributed by atoms with van der Waals surface area (Å²) < 4.78 is 44.3. The van der Waals surface area contributed by atoms with Crippen LogP contribution < -0.4 is 10.1 Å². The maximum atomic E-state index is 12.9. The number of nitrogens with zero attached hydrogens (tertiary/aromatic N) is 1. The minimum Gasteiger partial charge on any atom is -0.487 e. The van der Waals surface area contributed by atoms with Crippen molar-refractivity contribution in [1.82, 2.24) is 4.98 Å². The van der Waals surface area contributed by atoms with Gasteiger partial charge in [-0.25, -0.2) is 4.98 Å². The van der Waals surface area contributed by atoms with Crippen molar-refractivity contribution in [3.05, 3.63) is 75.2 Å². The second-order valence-electron chi connectivity index (χ2n) is 5.44. The number of alkyl halides is 3. The number of carbonyl (C=O) groups is 1. The van der Waals surface area contributed by atoms with E-state index in [9.17, 15) is 18.0 Å². The van der Waals surface area contributed by atoms with E-state index >= 15 is 0 Å². The molecule has 0 aliphatic heterocycles. The summed E-state index contributed by atoms with van der Waals surface area (Å²) in [5.41, 5.74) is 1.67. The number of hydrogen-bond acceptors (Lipinski definition) is 4. The highest BCUT2D eigenvalue weighted by Crippen LogP contribution is 2.36. The van der Waals surface area contributed by atoms with Crippen molar-refractivity contribution in [3.63, 3.8) is 0 Å². The number of thiazole rings is 1. The van der Waals surface area contributed by atoms with Crippen LogP contribution in [0.4, 0.5) is 18.9 Å². The van der Waals surface area contributed by atoms with Crippen LogP contribution in [0.15, 0.2) is 53.4 Å². The standard InChI is InChI=1S/C18H12ClF3N2O2S/c19-16-5-4-12(7-15(16)18(20,21)22)24-17(25)11-2-1-3-14(6-11)26-8-13-9-27-10-23-13/h1-7,9-10H,8H2,(H,24,25). The van der Waals surface area contributed by atoms with Crippen LogP contribution in [0, 0.1) is 0 Å². The molecule has 0 fully saturated rings. The normalized spacial score (nSPS) is 11.3. The van der Waals surface area contributed by atoms with Crippen molar-refractivity contribution in [3.8, 4) is 5.75 Å². The summed E-state index contributed by atoms with van der Waals surface area (Å²) in [4.78, 5) is 16.4. The molecule has 0 aliphatic rings. The Hall–Kier alpha value is -2.58. The number of benzene rings is 2. The highest BCUT2D eigenvalue weighted by molar-refractivity contribution is 7.07. The minimum atomic E-state index is -4.61. The van der Waals surface area contributed by atoms with Crippen molar-refractivity contribution >= 4 is 34.5 Å². The Morgan fingerprint density at radius 2 is 2.04 bits per heavy atom. The molecule has 1 heterocycles. The van der Waals surface area contributed by atoms with Crippen molar-refractivity contribution < 1.29 is 22.7 Å². The van der Waals surface area contributed by atoms with Gasteiger partial charge in [-0.05, 0) is 36.4 Å². The van der Waals surface area contributed by atoms with Crippen LogP contribution in [0.3, 0.4) is 0 Å². The Labute approximate surface area is 161 Å². The van der Waals surface area contributed by atoms with Crippen LogP contribution >= 0.6 is 22.9 Å². The molecule has 140 valence electrons. The number of ether oxygens (including phenoxy) is 1. The summed E-state index contributed by atoms with van der Waals surface area (Å²) in [6.45, 7) is 0.251. The maximum absolute atomic E-state index is 12.9. The second kappa shape index (κ2) is 7.98. The Morgan fingerprint density at radius 1 is 1.22 bits per heavy atom. The third-order valence-electron chi connectivity index (χ3n) is 3.50. The van der Waals surface area contributed by atoms with Gasteiger partial charge in [0.1, 0.15) is 12.4 Å². The van der Waals surface area contributed by atoms with E-state index in [0.717, 1.165) is 17.8 Å². The third kappa shape index (κ3) is 4.99. The van der Waals surface area contributed by atoms with Gasteiger partial charge in [-0.15, -0.1) is 11.3 Å². The lowest BCUT2D eigenvalue weighted by Crippen LogP contribution is -2.13. The number of halogens is 4. The van der Waals surface area contributed by atoms with Gasteiger partial charge in [-0.2, -0.15) is 13.2 Å². The lowest BCUT2D eigenvalue weighted by atomic mass is 10.1. The minimum absolute atomic E-state index is 0.00878. The molecule has 1 aromatic heterocycles. The van der Waals surface area contributed by atoms with Gasteiger partial charge in [-0.1, -0.05) is 17.7 Å². The number of aromatic nitrogens is 1. The Kier molecular flexibility index (Phi) is 5.67. The summed E-state index contributed by atoms with van der Waals surface area (Å²) in [7, 11) is 0. The molecule has 0 spiro atoms. The number of nitrogens with one attached hydrogen (secondary N) is 1. The molecule has 0 unspecified atom stereocenters. The summed E-state index contributed by atoms with van der Waals surface area (Å²) in [6, 6.07) is 9.52. The van der Waals surface area contributed by atoms with Crippen LogP contribution in [-0.2, 0) is 12.8 Å². The molecule has 0 radical (unpaired) electrons. The summed E-state index contributed by atoms with van der Waals surface area (Å²) in [5, 5.41) is 3.84. The van der Waals surface area contributed by atoms with Gasteiger partial charge < -0.3 is 10.1 Å². The number of carbonyl (C=O) groups excluding carboxylic acids is 1. The van der Waals surface area contributed by atoms with Crippen LogP contribution in [0.2, 0.25) is 5.02 Å². The van der Waals surface area contributed by atoms with Crippen LogP contribution in [-0.4, -0.2) is 10.9 Å². The number of hydrogen-bond donors (Lipinski definition) is 1. The van der Waals surface area contributed by atoms with Crippen molar-refractivity contribution in [1.29, 1.82) is 0 Å². The van der Waals surface area contributed by atoms with E-state index in [2.05, 4.69) is 10.3 Å². The van der Waals surface area contributed by atoms with E-state index in [0.29, 0.717) is 5.75 Å². The summed E-state index contributed by atoms with van der Waals surface area (Å²) in [5.74, 6) is -0.118. The molecule has 3 rings (SSSR count). The van der Waals surface area contributed by atoms with Crippen LogP contribution in [0.25, 0.3) is 0 Å². The fourth-order valence-electron chi connectivity index (χ4n) is 2.22. The zero-order valence-corrected chi connectivity index (χ0v) is 15.2. The first-order chi connectivity index (χ1) is 12.8. The molecule has 0 atom stereocenters. The van der Waals surface area contributed by atoms with Crippen LogP contribution in [0.5, 0.6) is 5.75 Å². The monoisotopic (exact) mass is 412 g/mol. The maximum Gasteiger partial charge on any atom is 0.417 e. The topological polar surface area (TPSA) is 51.2 Å². The lowest BCUT2D eigenvalue weighted by Gasteiger charge is -2.12. The highest BCUT2D eigenvalue weighted by Gasteiger charge is 2.33. The zero-order chi connectivity index (χ0) is 19.4. The number of amides is 1. The highest BCUT2D eigenvalue weighted by atomic mass is 35.5. The van der Waals surface area contributed by atoms with Gasteiger partial charge in [0.05, 0.1) is 21.8 Å². The van der Waals surface area contributed by atoms with Gasteiger partial charge in [-0.3, -0.25) is 4.79 Å². The lowest BCUT2D eigenvalue weighted by molar-refractivity contribution is -0.137. The molecule has 2 aromatic carbocycles. The smallest absolute Gasteiger partial charge is 0.417 e. The molecule has 0 saturated heterocycles. The Balaban J connectivity index is 1.72. The summed E-state index contributed by atoms with van der Waals surface area (Å²) >= 11 is 7.02. The molecule has 9 heteroatoms. The van der Waals surface area contributed by atoms with Gasteiger partial charge in [0, 0.05) is 16.6 Å². The second-order valence-corrected chi connectivity index (χ2v) is 6.57. The van der Waals surface area contributed by atoms with Crippen molar-refractivity contribution in [2.45, 2.75) is 12.8 Å². The van der Waals surface area contributed by atoms with E-state index in [1.807, 2.05) is 5.38 Å². The molecular weight excluding hydrogens is 401 g/mol. The largest absolute Gasteiger partial charge is 0.487 e. The zero-order valence-electron chi connectivity index (χ0n) is 13.6. The van der Waals surface area contributed by atoms with E-state index < -0.39 is 22.7 Å². The fraction of sp³-hybridized carbons (Fsp3) is 0.111. The Morgan fingerprint density at radius 3 is 2.74 bits per heavy atom. The van der Waals surface area contributed by atoms with Crippen molar-refractivity contribution in [2.24, 2.45) is 0 Å². The van der Waals surface area contributed by atoms with Gasteiger partial charge in [0.15, 0.2) is 0 Å². The van der Waals surface area contributed by atoms with Crippen molar-refractivity contribution in [2.75, 3.05) is 5.32 Å². The van der Waals surface area contributed by atoms with Gasteiger partial charge in [0.25, 0.3) is 5.91 Å². The SMILES string of the molecule is O=C(Nc1ccc(Cl)c(C(F)(F)F)c1)c1cccc(OCc2cscn2)c1. The molecular formula is C18H12ClF3N2O2S. The third-order valence-corrected chi connectivity index (χ3v) is 4.46. The van der Waals surface area contributed by atoms with Gasteiger partial charge in [0.2, 0.25) is 0 Å². The average Bonchev–Trinajstić information content (AvgIpc) is 3.14. The van der Waals surface area contributed by atoms with E-state index in [1.54, 1.807) is 17.6 Å². The molecule has 0 bridgehead atoms. The Bertz CT molecular complexity index is 946. The average molecular weight is 413 g/mol. The summed E-state index contributed by atoms with van der Waals surface area (Å²) in [6.07, 6.45) is -4.61. The predicted octanol–water partition coefficient (Wildman–Crippen LogP) is 5.65. The molecule has 3 aromatic rings. The van der Waals surface area contributed by atoms with E-state index in [4.69, 9.17) is 16.3 Å². The number of anilines is 1. The molecule has 27 heavy (non-hydrogen) atoms. The molecule has 0 saturated carbocycles. The first-order valence-corrected chi connectivity index (χ1v) is 8.93. The molecule has 0 aliphatic carbocycles. The first kappa shape index (κ1) is 19.2. The fourth-order valence-corrected chi connectivity index (χ4v) is 2.98.